The largest absolute Gasteiger partial charge is 0.366 e. The third-order valence-corrected chi connectivity index (χ3v) is 3.56. The van der Waals surface area contributed by atoms with Crippen LogP contribution in [0.2, 0.25) is 0 Å². The van der Waals surface area contributed by atoms with Gasteiger partial charge in [0.25, 0.3) is 0 Å². The molecule has 2 N–H and O–H groups in total. The smallest absolute Gasteiger partial charge is 0.226 e. The van der Waals surface area contributed by atoms with E-state index >= 15 is 0 Å². The fourth-order valence-electron chi connectivity index (χ4n) is 2.29. The molecule has 1 aromatic carbocycles. The third kappa shape index (κ3) is 3.04. The summed E-state index contributed by atoms with van der Waals surface area (Å²) < 4.78 is 13.7. The monoisotopic (exact) mass is 265 g/mol. The van der Waals surface area contributed by atoms with E-state index in [1.54, 1.807) is 12.1 Å². The van der Waals surface area contributed by atoms with Crippen LogP contribution in [0.25, 0.3) is 0 Å². The summed E-state index contributed by atoms with van der Waals surface area (Å²) in [6, 6.07) is 6.74. The molecule has 0 aliphatic carbocycles. The van der Waals surface area contributed by atoms with Gasteiger partial charge in [0, 0.05) is 38.6 Å². The summed E-state index contributed by atoms with van der Waals surface area (Å²) in [5, 5.41) is 0. The number of piperazine rings is 1. The maximum Gasteiger partial charge on any atom is 0.226 e. The van der Waals surface area contributed by atoms with Gasteiger partial charge in [0.15, 0.2) is 0 Å². The summed E-state index contributed by atoms with van der Waals surface area (Å²) in [7, 11) is 0. The lowest BCUT2D eigenvalue weighted by Crippen LogP contribution is -2.51. The predicted molar refractivity (Wildman–Crippen MR) is 73.4 cm³/mol. The highest BCUT2D eigenvalue weighted by Gasteiger charge is 2.25. The zero-order valence-corrected chi connectivity index (χ0v) is 11.2. The summed E-state index contributed by atoms with van der Waals surface area (Å²) in [4.78, 5) is 15.8. The summed E-state index contributed by atoms with van der Waals surface area (Å²) in [6.07, 6.45) is 0. The second-order valence-corrected chi connectivity index (χ2v) is 4.90. The maximum absolute atomic E-state index is 13.7. The highest BCUT2D eigenvalue weighted by molar-refractivity contribution is 5.79. The number of nitrogens with two attached hydrogens (primary N) is 1. The van der Waals surface area contributed by atoms with Gasteiger partial charge >= 0.3 is 0 Å². The number of para-hydroxylation sites is 1. The summed E-state index contributed by atoms with van der Waals surface area (Å²) in [5.41, 5.74) is 6.12. The summed E-state index contributed by atoms with van der Waals surface area (Å²) in [5.74, 6) is -0.256. The Balaban J connectivity index is 1.96. The van der Waals surface area contributed by atoms with Crippen molar-refractivity contribution >= 4 is 11.6 Å². The SMILES string of the molecule is CC(CN)C(=O)N1CCN(c2ccccc2F)CC1. The van der Waals surface area contributed by atoms with E-state index in [9.17, 15) is 9.18 Å². The van der Waals surface area contributed by atoms with Crippen molar-refractivity contribution in [3.8, 4) is 0 Å². The lowest BCUT2D eigenvalue weighted by Gasteiger charge is -2.37. The molecular weight excluding hydrogens is 245 g/mol. The average molecular weight is 265 g/mol. The highest BCUT2D eigenvalue weighted by Crippen LogP contribution is 2.20. The van der Waals surface area contributed by atoms with Crippen molar-refractivity contribution in [3.63, 3.8) is 0 Å². The Bertz CT molecular complexity index is 444. The van der Waals surface area contributed by atoms with E-state index in [-0.39, 0.29) is 17.6 Å². The number of carbonyl (C=O) groups excluding carboxylic acids is 1. The molecule has 0 radical (unpaired) electrons. The van der Waals surface area contributed by atoms with Gasteiger partial charge in [-0.15, -0.1) is 0 Å². The predicted octanol–water partition coefficient (Wildman–Crippen LogP) is 1.07. The first-order valence-electron chi connectivity index (χ1n) is 6.62. The van der Waals surface area contributed by atoms with E-state index in [2.05, 4.69) is 0 Å². The molecule has 19 heavy (non-hydrogen) atoms. The molecule has 1 heterocycles. The van der Waals surface area contributed by atoms with Gasteiger partial charge in [-0.2, -0.15) is 0 Å². The molecule has 0 aromatic heterocycles. The Labute approximate surface area is 113 Å². The van der Waals surface area contributed by atoms with Crippen molar-refractivity contribution in [3.05, 3.63) is 30.1 Å². The lowest BCUT2D eigenvalue weighted by molar-refractivity contribution is -0.134. The summed E-state index contributed by atoms with van der Waals surface area (Å²) >= 11 is 0. The first-order valence-corrected chi connectivity index (χ1v) is 6.62. The summed E-state index contributed by atoms with van der Waals surface area (Å²) in [6.45, 7) is 4.76. The Morgan fingerprint density at radius 3 is 2.53 bits per heavy atom. The van der Waals surface area contributed by atoms with Crippen LogP contribution in [-0.2, 0) is 4.79 Å². The van der Waals surface area contributed by atoms with Crippen molar-refractivity contribution in [2.75, 3.05) is 37.6 Å². The molecule has 0 spiro atoms. The Hall–Kier alpha value is -1.62. The van der Waals surface area contributed by atoms with Crippen LogP contribution in [-0.4, -0.2) is 43.5 Å². The fourth-order valence-corrected chi connectivity index (χ4v) is 2.29. The standard InChI is InChI=1S/C14H20FN3O/c1-11(10-16)14(19)18-8-6-17(7-9-18)13-5-3-2-4-12(13)15/h2-5,11H,6-10,16H2,1H3. The van der Waals surface area contributed by atoms with Gasteiger partial charge in [-0.3, -0.25) is 4.79 Å². The van der Waals surface area contributed by atoms with Gasteiger partial charge in [-0.1, -0.05) is 19.1 Å². The molecule has 0 saturated carbocycles. The second-order valence-electron chi connectivity index (χ2n) is 4.90. The van der Waals surface area contributed by atoms with Gasteiger partial charge in [0.2, 0.25) is 5.91 Å². The Kier molecular flexibility index (Phi) is 4.37. The molecule has 2 rings (SSSR count). The van der Waals surface area contributed by atoms with E-state index in [1.807, 2.05) is 22.8 Å². The molecule has 1 aliphatic heterocycles. The quantitative estimate of drug-likeness (QED) is 0.889. The van der Waals surface area contributed by atoms with Crippen LogP contribution in [0.1, 0.15) is 6.92 Å². The van der Waals surface area contributed by atoms with Crippen LogP contribution in [0.4, 0.5) is 10.1 Å². The number of halogens is 1. The van der Waals surface area contributed by atoms with Crippen molar-refractivity contribution in [1.29, 1.82) is 0 Å². The Morgan fingerprint density at radius 1 is 1.32 bits per heavy atom. The molecule has 1 atom stereocenters. The zero-order valence-electron chi connectivity index (χ0n) is 11.2. The number of rotatable bonds is 3. The number of benzene rings is 1. The number of hydrogen-bond donors (Lipinski definition) is 1. The van der Waals surface area contributed by atoms with Crippen LogP contribution in [0.5, 0.6) is 0 Å². The van der Waals surface area contributed by atoms with Crippen LogP contribution in [0.3, 0.4) is 0 Å². The topological polar surface area (TPSA) is 49.6 Å². The van der Waals surface area contributed by atoms with Gasteiger partial charge in [0.05, 0.1) is 5.69 Å². The van der Waals surface area contributed by atoms with Crippen molar-refractivity contribution in [2.45, 2.75) is 6.92 Å². The normalized spacial score (nSPS) is 17.4. The van der Waals surface area contributed by atoms with Crippen molar-refractivity contribution < 1.29 is 9.18 Å². The molecule has 4 nitrogen and oxygen atoms in total. The first kappa shape index (κ1) is 13.8. The number of hydrogen-bond acceptors (Lipinski definition) is 3. The van der Waals surface area contributed by atoms with E-state index in [4.69, 9.17) is 5.73 Å². The molecule has 1 amide bonds. The number of amides is 1. The number of anilines is 1. The molecule has 1 saturated heterocycles. The van der Waals surface area contributed by atoms with Crippen molar-refractivity contribution in [2.24, 2.45) is 11.7 Å². The van der Waals surface area contributed by atoms with E-state index in [0.29, 0.717) is 38.4 Å². The van der Waals surface area contributed by atoms with Gasteiger partial charge < -0.3 is 15.5 Å². The van der Waals surface area contributed by atoms with E-state index in [0.717, 1.165) is 0 Å². The first-order chi connectivity index (χ1) is 9.13. The third-order valence-electron chi connectivity index (χ3n) is 3.56. The van der Waals surface area contributed by atoms with Gasteiger partial charge in [0.1, 0.15) is 5.82 Å². The maximum atomic E-state index is 13.7. The highest BCUT2D eigenvalue weighted by atomic mass is 19.1. The van der Waals surface area contributed by atoms with Crippen LogP contribution < -0.4 is 10.6 Å². The zero-order chi connectivity index (χ0) is 13.8. The molecule has 1 aromatic rings. The van der Waals surface area contributed by atoms with Crippen LogP contribution >= 0.6 is 0 Å². The van der Waals surface area contributed by atoms with Crippen molar-refractivity contribution in [1.82, 2.24) is 4.90 Å². The van der Waals surface area contributed by atoms with Gasteiger partial charge in [-0.05, 0) is 12.1 Å². The minimum atomic E-state index is -0.211. The lowest BCUT2D eigenvalue weighted by atomic mass is 10.1. The minimum absolute atomic E-state index is 0.0932. The minimum Gasteiger partial charge on any atom is -0.366 e. The fraction of sp³-hybridized carbons (Fsp3) is 0.500. The van der Waals surface area contributed by atoms with E-state index < -0.39 is 0 Å². The molecule has 1 fully saturated rings. The molecule has 104 valence electrons. The molecule has 1 unspecified atom stereocenters. The number of carbonyl (C=O) groups is 1. The molecule has 0 bridgehead atoms. The average Bonchev–Trinajstić information content (AvgIpc) is 2.46. The molecule has 1 aliphatic rings. The van der Waals surface area contributed by atoms with Crippen LogP contribution in [0.15, 0.2) is 24.3 Å². The molecular formula is C14H20FN3O. The number of nitrogens with zero attached hydrogens (tertiary/aromatic N) is 2. The van der Waals surface area contributed by atoms with E-state index in [1.165, 1.54) is 6.07 Å². The van der Waals surface area contributed by atoms with Crippen LogP contribution in [0, 0.1) is 11.7 Å². The molecule has 5 heteroatoms. The Morgan fingerprint density at radius 2 is 1.95 bits per heavy atom. The van der Waals surface area contributed by atoms with Gasteiger partial charge in [-0.25, -0.2) is 4.39 Å². The second kappa shape index (κ2) is 6.02.